The zero-order chi connectivity index (χ0) is 22.1. The van der Waals surface area contributed by atoms with Crippen LogP contribution in [0, 0.1) is 0 Å². The van der Waals surface area contributed by atoms with Gasteiger partial charge < -0.3 is 24.4 Å². The summed E-state index contributed by atoms with van der Waals surface area (Å²) in [6, 6.07) is 14.3. The second-order valence-electron chi connectivity index (χ2n) is 7.41. The molecule has 1 aliphatic heterocycles. The first-order valence-corrected chi connectivity index (χ1v) is 10.7. The van der Waals surface area contributed by atoms with E-state index in [0.29, 0.717) is 17.9 Å². The second kappa shape index (κ2) is 11.2. The summed E-state index contributed by atoms with van der Waals surface area (Å²) in [6.07, 6.45) is 2.77. The zero-order valence-electron chi connectivity index (χ0n) is 18.1. The van der Waals surface area contributed by atoms with Gasteiger partial charge in [-0.25, -0.2) is 0 Å². The minimum Gasteiger partial charge on any atom is -0.497 e. The van der Waals surface area contributed by atoms with E-state index in [1.165, 1.54) is 0 Å². The molecule has 1 unspecified atom stereocenters. The summed E-state index contributed by atoms with van der Waals surface area (Å²) < 4.78 is 16.5. The highest BCUT2D eigenvalue weighted by atomic mass is 16.5. The van der Waals surface area contributed by atoms with Gasteiger partial charge in [-0.15, -0.1) is 0 Å². The summed E-state index contributed by atoms with van der Waals surface area (Å²) in [6.45, 7) is 3.49. The van der Waals surface area contributed by atoms with Crippen molar-refractivity contribution >= 4 is 11.8 Å². The first-order valence-electron chi connectivity index (χ1n) is 10.7. The molecule has 2 aromatic carbocycles. The van der Waals surface area contributed by atoms with Crippen molar-refractivity contribution in [3.05, 3.63) is 54.1 Å². The number of carbonyl (C=O) groups is 2. The Balaban J connectivity index is 1.56. The van der Waals surface area contributed by atoms with Gasteiger partial charge in [0.2, 0.25) is 0 Å². The van der Waals surface area contributed by atoms with Crippen LogP contribution in [-0.4, -0.2) is 50.1 Å². The van der Waals surface area contributed by atoms with Gasteiger partial charge in [-0.1, -0.05) is 25.1 Å². The van der Waals surface area contributed by atoms with E-state index >= 15 is 0 Å². The molecule has 166 valence electrons. The predicted molar refractivity (Wildman–Crippen MR) is 117 cm³/mol. The SMILES string of the molecule is CCC(NC(=O)COc1ccc(OC)cc1)c1ccccc1OCC(=O)N1CCCC1. The van der Waals surface area contributed by atoms with Gasteiger partial charge in [0, 0.05) is 18.7 Å². The average molecular weight is 427 g/mol. The molecule has 0 spiro atoms. The Bertz CT molecular complexity index is 863. The standard InChI is InChI=1S/C24H30N2O5/c1-3-21(25-23(27)16-30-19-12-10-18(29-2)11-13-19)20-8-4-5-9-22(20)31-17-24(28)26-14-6-7-15-26/h4-5,8-13,21H,3,6-7,14-17H2,1-2H3,(H,25,27). The van der Waals surface area contributed by atoms with E-state index < -0.39 is 0 Å². The fourth-order valence-electron chi connectivity index (χ4n) is 3.55. The van der Waals surface area contributed by atoms with E-state index in [1.54, 1.807) is 31.4 Å². The quantitative estimate of drug-likeness (QED) is 0.631. The van der Waals surface area contributed by atoms with Crippen LogP contribution in [-0.2, 0) is 9.59 Å². The van der Waals surface area contributed by atoms with Crippen LogP contribution in [0.4, 0.5) is 0 Å². The molecule has 1 saturated heterocycles. The molecule has 0 bridgehead atoms. The number of benzene rings is 2. The number of nitrogens with zero attached hydrogens (tertiary/aromatic N) is 1. The third-order valence-electron chi connectivity index (χ3n) is 5.28. The van der Waals surface area contributed by atoms with Gasteiger partial charge in [-0.05, 0) is 49.6 Å². The maximum absolute atomic E-state index is 12.5. The van der Waals surface area contributed by atoms with Crippen LogP contribution in [0.1, 0.15) is 37.8 Å². The highest BCUT2D eigenvalue weighted by Crippen LogP contribution is 2.27. The van der Waals surface area contributed by atoms with Crippen molar-refractivity contribution in [2.75, 3.05) is 33.4 Å². The molecule has 31 heavy (non-hydrogen) atoms. The average Bonchev–Trinajstić information content (AvgIpc) is 3.35. The third kappa shape index (κ3) is 6.38. The number of methoxy groups -OCH3 is 1. The highest BCUT2D eigenvalue weighted by molar-refractivity contribution is 5.79. The lowest BCUT2D eigenvalue weighted by molar-refractivity contribution is -0.132. The van der Waals surface area contributed by atoms with Crippen LogP contribution in [0.5, 0.6) is 17.2 Å². The number of para-hydroxylation sites is 1. The lowest BCUT2D eigenvalue weighted by Gasteiger charge is -2.22. The van der Waals surface area contributed by atoms with Gasteiger partial charge in [-0.3, -0.25) is 9.59 Å². The van der Waals surface area contributed by atoms with Gasteiger partial charge in [0.1, 0.15) is 17.2 Å². The van der Waals surface area contributed by atoms with Gasteiger partial charge >= 0.3 is 0 Å². The van der Waals surface area contributed by atoms with Gasteiger partial charge in [0.15, 0.2) is 13.2 Å². The van der Waals surface area contributed by atoms with Crippen molar-refractivity contribution in [2.24, 2.45) is 0 Å². The predicted octanol–water partition coefficient (Wildman–Crippen LogP) is 3.34. The lowest BCUT2D eigenvalue weighted by atomic mass is 10.0. The largest absolute Gasteiger partial charge is 0.497 e. The van der Waals surface area contributed by atoms with Gasteiger partial charge in [0.05, 0.1) is 13.2 Å². The minimum absolute atomic E-state index is 0.00196. The number of hydrogen-bond acceptors (Lipinski definition) is 5. The smallest absolute Gasteiger partial charge is 0.260 e. The fraction of sp³-hybridized carbons (Fsp3) is 0.417. The molecule has 2 aromatic rings. The molecule has 3 rings (SSSR count). The summed E-state index contributed by atoms with van der Waals surface area (Å²) >= 11 is 0. The van der Waals surface area contributed by atoms with Crippen molar-refractivity contribution < 1.29 is 23.8 Å². The molecule has 0 aliphatic carbocycles. The van der Waals surface area contributed by atoms with Crippen LogP contribution >= 0.6 is 0 Å². The number of nitrogens with one attached hydrogen (secondary N) is 1. The van der Waals surface area contributed by atoms with E-state index in [0.717, 1.165) is 37.2 Å². The van der Waals surface area contributed by atoms with Crippen LogP contribution in [0.3, 0.4) is 0 Å². The summed E-state index contributed by atoms with van der Waals surface area (Å²) in [7, 11) is 1.60. The van der Waals surface area contributed by atoms with Crippen LogP contribution in [0.25, 0.3) is 0 Å². The van der Waals surface area contributed by atoms with Crippen LogP contribution in [0.2, 0.25) is 0 Å². The summed E-state index contributed by atoms with van der Waals surface area (Å²) in [5, 5.41) is 2.99. The molecule has 1 atom stereocenters. The Morgan fingerprint density at radius 2 is 1.65 bits per heavy atom. The first kappa shape index (κ1) is 22.5. The normalized spacial score (nSPS) is 14.1. The van der Waals surface area contributed by atoms with Crippen molar-refractivity contribution in [3.8, 4) is 17.2 Å². The lowest BCUT2D eigenvalue weighted by Crippen LogP contribution is -2.34. The molecule has 0 saturated carbocycles. The highest BCUT2D eigenvalue weighted by Gasteiger charge is 2.21. The molecular formula is C24H30N2O5. The number of likely N-dealkylation sites (tertiary alicyclic amines) is 1. The third-order valence-corrected chi connectivity index (χ3v) is 5.28. The Labute approximate surface area is 183 Å². The number of rotatable bonds is 10. The Morgan fingerprint density at radius 1 is 0.968 bits per heavy atom. The number of ether oxygens (including phenoxy) is 3. The van der Waals surface area contributed by atoms with Crippen LogP contribution < -0.4 is 19.5 Å². The molecule has 0 radical (unpaired) electrons. The maximum Gasteiger partial charge on any atom is 0.260 e. The molecule has 1 heterocycles. The number of amides is 2. The Hall–Kier alpha value is -3.22. The molecule has 7 heteroatoms. The Kier molecular flexibility index (Phi) is 8.15. The zero-order valence-corrected chi connectivity index (χ0v) is 18.1. The van der Waals surface area contributed by atoms with E-state index in [2.05, 4.69) is 5.32 Å². The van der Waals surface area contributed by atoms with Gasteiger partial charge in [0.25, 0.3) is 11.8 Å². The molecule has 1 fully saturated rings. The molecule has 2 amide bonds. The number of carbonyl (C=O) groups excluding carboxylic acids is 2. The van der Waals surface area contributed by atoms with Crippen LogP contribution in [0.15, 0.2) is 48.5 Å². The minimum atomic E-state index is -0.245. The molecule has 7 nitrogen and oxygen atoms in total. The van der Waals surface area contributed by atoms with Crippen molar-refractivity contribution in [2.45, 2.75) is 32.2 Å². The topological polar surface area (TPSA) is 77.1 Å². The van der Waals surface area contributed by atoms with Crippen molar-refractivity contribution in [1.82, 2.24) is 10.2 Å². The monoisotopic (exact) mass is 426 g/mol. The summed E-state index contributed by atoms with van der Waals surface area (Å²) in [5.74, 6) is 1.69. The molecular weight excluding hydrogens is 396 g/mol. The molecule has 0 aromatic heterocycles. The van der Waals surface area contributed by atoms with Gasteiger partial charge in [-0.2, -0.15) is 0 Å². The fourth-order valence-corrected chi connectivity index (χ4v) is 3.55. The summed E-state index contributed by atoms with van der Waals surface area (Å²) in [5.41, 5.74) is 0.844. The molecule has 1 aliphatic rings. The van der Waals surface area contributed by atoms with Crippen molar-refractivity contribution in [3.63, 3.8) is 0 Å². The van der Waals surface area contributed by atoms with E-state index in [-0.39, 0.29) is 31.1 Å². The van der Waals surface area contributed by atoms with E-state index in [1.807, 2.05) is 36.1 Å². The summed E-state index contributed by atoms with van der Waals surface area (Å²) in [4.78, 5) is 26.6. The van der Waals surface area contributed by atoms with E-state index in [9.17, 15) is 9.59 Å². The van der Waals surface area contributed by atoms with E-state index in [4.69, 9.17) is 14.2 Å². The molecule has 1 N–H and O–H groups in total. The number of hydrogen-bond donors (Lipinski definition) is 1. The Morgan fingerprint density at radius 3 is 2.32 bits per heavy atom. The first-order chi connectivity index (χ1) is 15.1. The maximum atomic E-state index is 12.5. The second-order valence-corrected chi connectivity index (χ2v) is 7.41. The van der Waals surface area contributed by atoms with Crippen molar-refractivity contribution in [1.29, 1.82) is 0 Å².